The SMILES string of the molecule is Cc1ccsc1CN(C)C(=O)C(N)CC(=O)O. The molecule has 0 spiro atoms. The van der Waals surface area contributed by atoms with Gasteiger partial charge in [0.25, 0.3) is 0 Å². The summed E-state index contributed by atoms with van der Waals surface area (Å²) in [5.41, 5.74) is 6.64. The average molecular weight is 256 g/mol. The first kappa shape index (κ1) is 13.7. The van der Waals surface area contributed by atoms with Crippen molar-refractivity contribution in [1.82, 2.24) is 4.90 Å². The molecule has 3 N–H and O–H groups in total. The van der Waals surface area contributed by atoms with Crippen molar-refractivity contribution >= 4 is 23.2 Å². The third-order valence-corrected chi connectivity index (χ3v) is 3.44. The number of carboxylic acid groups (broad SMARTS) is 1. The highest BCUT2D eigenvalue weighted by Crippen LogP contribution is 2.17. The molecule has 0 radical (unpaired) electrons. The number of aryl methyl sites for hydroxylation is 1. The van der Waals surface area contributed by atoms with E-state index in [4.69, 9.17) is 10.8 Å². The molecular formula is C11H16N2O3S. The van der Waals surface area contributed by atoms with Gasteiger partial charge >= 0.3 is 5.97 Å². The number of amides is 1. The first-order chi connectivity index (χ1) is 7.91. The fourth-order valence-corrected chi connectivity index (χ4v) is 2.38. The van der Waals surface area contributed by atoms with E-state index in [1.54, 1.807) is 18.4 Å². The Morgan fingerprint density at radius 2 is 2.24 bits per heavy atom. The maximum Gasteiger partial charge on any atom is 0.305 e. The second kappa shape index (κ2) is 5.79. The Balaban J connectivity index is 2.58. The molecule has 0 aliphatic heterocycles. The van der Waals surface area contributed by atoms with E-state index in [9.17, 15) is 9.59 Å². The number of nitrogens with zero attached hydrogens (tertiary/aromatic N) is 1. The predicted octanol–water partition coefficient (Wildman–Crippen LogP) is 0.817. The highest BCUT2D eigenvalue weighted by atomic mass is 32.1. The van der Waals surface area contributed by atoms with E-state index >= 15 is 0 Å². The number of aliphatic carboxylic acids is 1. The van der Waals surface area contributed by atoms with Crippen LogP contribution in [0.3, 0.4) is 0 Å². The molecule has 1 aromatic rings. The molecule has 0 aromatic carbocycles. The maximum atomic E-state index is 11.8. The van der Waals surface area contributed by atoms with Gasteiger partial charge in [-0.1, -0.05) is 0 Å². The third-order valence-electron chi connectivity index (χ3n) is 2.44. The minimum atomic E-state index is -1.06. The van der Waals surface area contributed by atoms with E-state index in [1.807, 2.05) is 18.4 Å². The molecule has 1 heterocycles. The van der Waals surface area contributed by atoms with E-state index in [2.05, 4.69) is 0 Å². The van der Waals surface area contributed by atoms with E-state index < -0.39 is 12.0 Å². The molecule has 1 rings (SSSR count). The van der Waals surface area contributed by atoms with Crippen LogP contribution >= 0.6 is 11.3 Å². The number of thiophene rings is 1. The van der Waals surface area contributed by atoms with Gasteiger partial charge in [0, 0.05) is 11.9 Å². The summed E-state index contributed by atoms with van der Waals surface area (Å²) in [6, 6.07) is 1.01. The number of rotatable bonds is 5. The van der Waals surface area contributed by atoms with Crippen LogP contribution in [0.25, 0.3) is 0 Å². The van der Waals surface area contributed by atoms with Crippen molar-refractivity contribution in [2.24, 2.45) is 5.73 Å². The topological polar surface area (TPSA) is 83.6 Å². The first-order valence-corrected chi connectivity index (χ1v) is 6.05. The minimum absolute atomic E-state index is 0.341. The predicted molar refractivity (Wildman–Crippen MR) is 65.8 cm³/mol. The second-order valence-corrected chi connectivity index (χ2v) is 4.93. The van der Waals surface area contributed by atoms with Gasteiger partial charge < -0.3 is 15.7 Å². The Kier molecular flexibility index (Phi) is 4.65. The number of nitrogens with two attached hydrogens (primary N) is 1. The summed E-state index contributed by atoms with van der Waals surface area (Å²) < 4.78 is 0. The van der Waals surface area contributed by atoms with Crippen LogP contribution in [-0.2, 0) is 16.1 Å². The van der Waals surface area contributed by atoms with Crippen molar-refractivity contribution in [3.8, 4) is 0 Å². The van der Waals surface area contributed by atoms with Crippen LogP contribution in [0, 0.1) is 6.92 Å². The van der Waals surface area contributed by atoms with Gasteiger partial charge in [-0.2, -0.15) is 0 Å². The fourth-order valence-electron chi connectivity index (χ4n) is 1.42. The average Bonchev–Trinajstić information content (AvgIpc) is 2.62. The van der Waals surface area contributed by atoms with Gasteiger partial charge in [0.2, 0.25) is 5.91 Å². The second-order valence-electron chi connectivity index (χ2n) is 3.93. The zero-order chi connectivity index (χ0) is 13.0. The number of carbonyl (C=O) groups excluding carboxylic acids is 1. The van der Waals surface area contributed by atoms with Gasteiger partial charge in [-0.15, -0.1) is 11.3 Å². The van der Waals surface area contributed by atoms with Gasteiger partial charge in [-0.05, 0) is 23.9 Å². The molecule has 0 fully saturated rings. The minimum Gasteiger partial charge on any atom is -0.481 e. The lowest BCUT2D eigenvalue weighted by Crippen LogP contribution is -2.42. The quantitative estimate of drug-likeness (QED) is 0.817. The molecular weight excluding hydrogens is 240 g/mol. The summed E-state index contributed by atoms with van der Waals surface area (Å²) in [5, 5.41) is 10.5. The molecule has 0 aliphatic rings. The largest absolute Gasteiger partial charge is 0.481 e. The zero-order valence-corrected chi connectivity index (χ0v) is 10.7. The summed E-state index contributed by atoms with van der Waals surface area (Å²) in [6.07, 6.45) is -0.341. The molecule has 5 nitrogen and oxygen atoms in total. The van der Waals surface area contributed by atoms with Crippen LogP contribution in [0.5, 0.6) is 0 Å². The number of hydrogen-bond acceptors (Lipinski definition) is 4. The first-order valence-electron chi connectivity index (χ1n) is 5.17. The summed E-state index contributed by atoms with van der Waals surface area (Å²) in [6.45, 7) is 2.44. The highest BCUT2D eigenvalue weighted by Gasteiger charge is 2.21. The number of carbonyl (C=O) groups is 2. The Morgan fingerprint density at radius 3 is 2.71 bits per heavy atom. The van der Waals surface area contributed by atoms with Crippen molar-refractivity contribution in [3.05, 3.63) is 21.9 Å². The summed E-state index contributed by atoms with van der Waals surface area (Å²) in [4.78, 5) is 24.8. The normalized spacial score (nSPS) is 12.2. The lowest BCUT2D eigenvalue weighted by molar-refractivity contribution is -0.141. The van der Waals surface area contributed by atoms with E-state index in [0.717, 1.165) is 10.4 Å². The van der Waals surface area contributed by atoms with Gasteiger partial charge in [-0.25, -0.2) is 0 Å². The Labute approximate surface area is 104 Å². The smallest absolute Gasteiger partial charge is 0.305 e. The number of likely N-dealkylation sites (N-methyl/N-ethyl adjacent to an activating group) is 1. The lowest BCUT2D eigenvalue weighted by atomic mass is 10.2. The molecule has 1 atom stereocenters. The molecule has 0 bridgehead atoms. The van der Waals surface area contributed by atoms with Crippen LogP contribution in [0.4, 0.5) is 0 Å². The lowest BCUT2D eigenvalue weighted by Gasteiger charge is -2.20. The monoisotopic (exact) mass is 256 g/mol. The van der Waals surface area contributed by atoms with Crippen LogP contribution in [-0.4, -0.2) is 35.0 Å². The molecule has 1 unspecified atom stereocenters. The van der Waals surface area contributed by atoms with Gasteiger partial charge in [-0.3, -0.25) is 9.59 Å². The van der Waals surface area contributed by atoms with Crippen LogP contribution in [0.1, 0.15) is 16.9 Å². The summed E-state index contributed by atoms with van der Waals surface area (Å²) in [5.74, 6) is -1.41. The van der Waals surface area contributed by atoms with Crippen molar-refractivity contribution in [2.45, 2.75) is 25.9 Å². The van der Waals surface area contributed by atoms with E-state index in [1.165, 1.54) is 4.90 Å². The van der Waals surface area contributed by atoms with Crippen molar-refractivity contribution in [1.29, 1.82) is 0 Å². The Bertz CT molecular complexity index is 417. The number of carboxylic acids is 1. The number of hydrogen-bond donors (Lipinski definition) is 2. The molecule has 1 aromatic heterocycles. The maximum absolute atomic E-state index is 11.8. The molecule has 94 valence electrons. The van der Waals surface area contributed by atoms with Crippen molar-refractivity contribution in [2.75, 3.05) is 7.05 Å². The van der Waals surface area contributed by atoms with Gasteiger partial charge in [0.1, 0.15) is 0 Å². The summed E-state index contributed by atoms with van der Waals surface area (Å²) >= 11 is 1.57. The fraction of sp³-hybridized carbons (Fsp3) is 0.455. The van der Waals surface area contributed by atoms with Gasteiger partial charge in [0.05, 0.1) is 19.0 Å². The van der Waals surface area contributed by atoms with Crippen molar-refractivity contribution in [3.63, 3.8) is 0 Å². The van der Waals surface area contributed by atoms with Crippen molar-refractivity contribution < 1.29 is 14.7 Å². The Morgan fingerprint density at radius 1 is 1.59 bits per heavy atom. The van der Waals surface area contributed by atoms with E-state index in [-0.39, 0.29) is 12.3 Å². The van der Waals surface area contributed by atoms with Gasteiger partial charge in [0.15, 0.2) is 0 Å². The molecule has 0 aliphatic carbocycles. The third kappa shape index (κ3) is 3.83. The molecule has 17 heavy (non-hydrogen) atoms. The van der Waals surface area contributed by atoms with E-state index in [0.29, 0.717) is 6.54 Å². The zero-order valence-electron chi connectivity index (χ0n) is 9.84. The molecule has 6 heteroatoms. The molecule has 0 saturated carbocycles. The highest BCUT2D eigenvalue weighted by molar-refractivity contribution is 7.10. The summed E-state index contributed by atoms with van der Waals surface area (Å²) in [7, 11) is 1.63. The molecule has 1 amide bonds. The molecule has 0 saturated heterocycles. The van der Waals surface area contributed by atoms with Crippen LogP contribution < -0.4 is 5.73 Å². The van der Waals surface area contributed by atoms with Crippen LogP contribution in [0.2, 0.25) is 0 Å². The standard InChI is InChI=1S/C11H16N2O3S/c1-7-3-4-17-9(7)6-13(2)11(16)8(12)5-10(14)15/h3-4,8H,5-6,12H2,1-2H3,(H,14,15). The van der Waals surface area contributed by atoms with Crippen LogP contribution in [0.15, 0.2) is 11.4 Å². The Hall–Kier alpha value is -1.40.